The summed E-state index contributed by atoms with van der Waals surface area (Å²) in [4.78, 5) is 9.54. The number of rotatable bonds is 1. The first-order valence-corrected chi connectivity index (χ1v) is 5.34. The number of halogens is 1. The Hall–Kier alpha value is -0.0900. The van der Waals surface area contributed by atoms with Crippen molar-refractivity contribution in [2.24, 2.45) is 11.7 Å². The van der Waals surface area contributed by atoms with E-state index in [4.69, 9.17) is 0 Å². The summed E-state index contributed by atoms with van der Waals surface area (Å²) in [6.45, 7) is 4.79. The zero-order valence-corrected chi connectivity index (χ0v) is 9.06. The molecule has 0 aromatic heterocycles. The van der Waals surface area contributed by atoms with Crippen LogP contribution in [0.5, 0.6) is 0 Å². The Labute approximate surface area is 82.2 Å². The molecule has 1 fully saturated rings. The van der Waals surface area contributed by atoms with Crippen molar-refractivity contribution in [3.8, 4) is 0 Å². The van der Waals surface area contributed by atoms with Gasteiger partial charge < -0.3 is 11.1 Å². The van der Waals surface area contributed by atoms with Gasteiger partial charge in [0.2, 0.25) is 5.91 Å². The highest BCUT2D eigenvalue weighted by atomic mass is 79.9. The molecule has 1 saturated heterocycles. The third-order valence-corrected chi connectivity index (χ3v) is 2.31. The summed E-state index contributed by atoms with van der Waals surface area (Å²) in [5.41, 5.74) is 4.61. The van der Waals surface area contributed by atoms with E-state index >= 15 is 0 Å². The van der Waals surface area contributed by atoms with Crippen LogP contribution in [0.3, 0.4) is 0 Å². The number of primary amides is 1. The standard InChI is InChI=1S/C6H13N.C2H4BrNO/c1-6-2-4-7-5-3-6;3-1-2(4)5/h6-7H,2-5H2,1H3;1H2,(H2,4,5). The maximum Gasteiger partial charge on any atom is 0.228 e. The van der Waals surface area contributed by atoms with Gasteiger partial charge in [-0.15, -0.1) is 0 Å². The van der Waals surface area contributed by atoms with Crippen molar-refractivity contribution in [3.63, 3.8) is 0 Å². The fourth-order valence-electron chi connectivity index (χ4n) is 0.966. The Morgan fingerprint density at radius 1 is 1.58 bits per heavy atom. The molecule has 1 heterocycles. The van der Waals surface area contributed by atoms with Crippen LogP contribution in [0.4, 0.5) is 0 Å². The fraction of sp³-hybridized carbons (Fsp3) is 0.875. The van der Waals surface area contributed by atoms with Crippen molar-refractivity contribution in [3.05, 3.63) is 0 Å². The van der Waals surface area contributed by atoms with Gasteiger partial charge in [0.05, 0.1) is 5.33 Å². The second-order valence-corrected chi connectivity index (χ2v) is 3.59. The zero-order valence-electron chi connectivity index (χ0n) is 7.48. The lowest BCUT2D eigenvalue weighted by molar-refractivity contribution is -0.115. The van der Waals surface area contributed by atoms with Gasteiger partial charge in [0.15, 0.2) is 0 Å². The van der Waals surface area contributed by atoms with E-state index in [9.17, 15) is 4.79 Å². The van der Waals surface area contributed by atoms with Gasteiger partial charge >= 0.3 is 0 Å². The van der Waals surface area contributed by atoms with Gasteiger partial charge in [0.25, 0.3) is 0 Å². The highest BCUT2D eigenvalue weighted by molar-refractivity contribution is 9.09. The molecule has 0 saturated carbocycles. The van der Waals surface area contributed by atoms with E-state index in [2.05, 4.69) is 33.9 Å². The lowest BCUT2D eigenvalue weighted by Crippen LogP contribution is -2.26. The van der Waals surface area contributed by atoms with Crippen molar-refractivity contribution in [2.75, 3.05) is 18.4 Å². The van der Waals surface area contributed by atoms with E-state index in [-0.39, 0.29) is 11.2 Å². The predicted octanol–water partition coefficient (Wildman–Crippen LogP) is 0.873. The Bertz CT molecular complexity index is 124. The van der Waals surface area contributed by atoms with E-state index in [1.165, 1.54) is 25.9 Å². The van der Waals surface area contributed by atoms with E-state index in [0.717, 1.165) is 5.92 Å². The highest BCUT2D eigenvalue weighted by Crippen LogP contribution is 2.08. The fourth-order valence-corrected chi connectivity index (χ4v) is 0.966. The van der Waals surface area contributed by atoms with Gasteiger partial charge in [-0.1, -0.05) is 22.9 Å². The van der Waals surface area contributed by atoms with Crippen molar-refractivity contribution >= 4 is 21.8 Å². The Balaban J connectivity index is 0.000000217. The first-order chi connectivity index (χ1) is 5.66. The molecule has 1 aliphatic rings. The van der Waals surface area contributed by atoms with Crippen molar-refractivity contribution in [1.82, 2.24) is 5.32 Å². The summed E-state index contributed by atoms with van der Waals surface area (Å²) in [6.07, 6.45) is 2.75. The number of carbonyl (C=O) groups excluding carboxylic acids is 1. The normalized spacial score (nSPS) is 17.8. The van der Waals surface area contributed by atoms with Gasteiger partial charge in [-0.3, -0.25) is 4.79 Å². The molecule has 0 unspecified atom stereocenters. The van der Waals surface area contributed by atoms with E-state index in [0.29, 0.717) is 0 Å². The molecule has 4 heteroatoms. The first kappa shape index (κ1) is 11.9. The molecule has 3 N–H and O–H groups in total. The van der Waals surface area contributed by atoms with Crippen LogP contribution >= 0.6 is 15.9 Å². The van der Waals surface area contributed by atoms with Crippen molar-refractivity contribution < 1.29 is 4.79 Å². The van der Waals surface area contributed by atoms with Crippen LogP contribution in [0.25, 0.3) is 0 Å². The Morgan fingerprint density at radius 3 is 2.17 bits per heavy atom. The molecule has 0 radical (unpaired) electrons. The molecule has 0 aliphatic carbocycles. The molecule has 0 spiro atoms. The number of piperidine rings is 1. The summed E-state index contributed by atoms with van der Waals surface area (Å²) in [5.74, 6) is 0.645. The van der Waals surface area contributed by atoms with Crippen molar-refractivity contribution in [1.29, 1.82) is 0 Å². The van der Waals surface area contributed by atoms with Crippen LogP contribution in [0.2, 0.25) is 0 Å². The summed E-state index contributed by atoms with van der Waals surface area (Å²) in [5, 5.41) is 3.57. The molecule has 0 aromatic rings. The third kappa shape index (κ3) is 8.01. The predicted molar refractivity (Wildman–Crippen MR) is 54.3 cm³/mol. The SMILES string of the molecule is CC1CCNCC1.NC(=O)CBr. The molecule has 72 valence electrons. The molecule has 1 aliphatic heterocycles. The zero-order chi connectivity index (χ0) is 9.40. The largest absolute Gasteiger partial charge is 0.369 e. The van der Waals surface area contributed by atoms with Crippen LogP contribution in [0, 0.1) is 5.92 Å². The second kappa shape index (κ2) is 7.55. The maximum absolute atomic E-state index is 9.54. The molecule has 0 aromatic carbocycles. The first-order valence-electron chi connectivity index (χ1n) is 4.21. The van der Waals surface area contributed by atoms with Crippen LogP contribution in [-0.4, -0.2) is 24.3 Å². The molecule has 1 amide bonds. The van der Waals surface area contributed by atoms with Crippen LogP contribution in [-0.2, 0) is 4.79 Å². The number of carbonyl (C=O) groups is 1. The lowest BCUT2D eigenvalue weighted by atomic mass is 10.0. The quantitative estimate of drug-likeness (QED) is 0.665. The van der Waals surface area contributed by atoms with Gasteiger partial charge in [-0.2, -0.15) is 0 Å². The topological polar surface area (TPSA) is 55.1 Å². The summed E-state index contributed by atoms with van der Waals surface area (Å²) >= 11 is 2.84. The highest BCUT2D eigenvalue weighted by Gasteiger charge is 2.04. The molecule has 3 nitrogen and oxygen atoms in total. The molecular weight excluding hydrogens is 220 g/mol. The summed E-state index contributed by atoms with van der Waals surface area (Å²) in [7, 11) is 0. The summed E-state index contributed by atoms with van der Waals surface area (Å²) < 4.78 is 0. The van der Waals surface area contributed by atoms with Gasteiger partial charge in [-0.05, 0) is 31.8 Å². The molecule has 0 bridgehead atoms. The number of hydrogen-bond donors (Lipinski definition) is 2. The number of amides is 1. The Morgan fingerprint density at radius 2 is 2.00 bits per heavy atom. The number of nitrogens with two attached hydrogens (primary N) is 1. The van der Waals surface area contributed by atoms with Gasteiger partial charge in [0.1, 0.15) is 0 Å². The molecule has 0 atom stereocenters. The molecular formula is C8H17BrN2O. The number of alkyl halides is 1. The smallest absolute Gasteiger partial charge is 0.228 e. The average Bonchev–Trinajstić information content (AvgIpc) is 2.07. The van der Waals surface area contributed by atoms with Gasteiger partial charge in [-0.25, -0.2) is 0 Å². The monoisotopic (exact) mass is 236 g/mol. The Kier molecular flexibility index (Phi) is 7.50. The maximum atomic E-state index is 9.54. The van der Waals surface area contributed by atoms with Crippen LogP contribution in [0.15, 0.2) is 0 Å². The van der Waals surface area contributed by atoms with E-state index < -0.39 is 0 Å². The van der Waals surface area contributed by atoms with E-state index in [1.807, 2.05) is 0 Å². The minimum atomic E-state index is -0.329. The minimum Gasteiger partial charge on any atom is -0.369 e. The molecule has 12 heavy (non-hydrogen) atoms. The minimum absolute atomic E-state index is 0.257. The molecule has 1 rings (SSSR count). The summed E-state index contributed by atoms with van der Waals surface area (Å²) in [6, 6.07) is 0. The van der Waals surface area contributed by atoms with Gasteiger partial charge in [0, 0.05) is 0 Å². The van der Waals surface area contributed by atoms with Crippen molar-refractivity contribution in [2.45, 2.75) is 19.8 Å². The van der Waals surface area contributed by atoms with Crippen LogP contribution < -0.4 is 11.1 Å². The van der Waals surface area contributed by atoms with Crippen LogP contribution in [0.1, 0.15) is 19.8 Å². The lowest BCUT2D eigenvalue weighted by Gasteiger charge is -2.17. The number of nitrogens with one attached hydrogen (secondary N) is 1. The third-order valence-electron chi connectivity index (χ3n) is 1.76. The van der Waals surface area contributed by atoms with E-state index in [1.54, 1.807) is 0 Å². The number of hydrogen-bond acceptors (Lipinski definition) is 2. The average molecular weight is 237 g/mol. The second-order valence-electron chi connectivity index (χ2n) is 3.03.